The lowest BCUT2D eigenvalue weighted by Gasteiger charge is -2.27. The van der Waals surface area contributed by atoms with E-state index in [0.717, 1.165) is 22.9 Å². The molecule has 1 rings (SSSR count). The zero-order valence-electron chi connectivity index (χ0n) is 11.5. The molecule has 18 heavy (non-hydrogen) atoms. The minimum absolute atomic E-state index is 0.0363. The van der Waals surface area contributed by atoms with Gasteiger partial charge in [-0.1, -0.05) is 29.8 Å². The van der Waals surface area contributed by atoms with Crippen molar-refractivity contribution in [1.82, 2.24) is 4.90 Å². The third-order valence-electron chi connectivity index (χ3n) is 3.45. The number of nitrogens with two attached hydrogens (primary N) is 1. The number of anilines is 1. The summed E-state index contributed by atoms with van der Waals surface area (Å²) < 4.78 is 0.840. The van der Waals surface area contributed by atoms with Crippen LogP contribution in [0.3, 0.4) is 0 Å². The molecule has 0 saturated carbocycles. The number of nitrogens with zero attached hydrogens (tertiary/aromatic N) is 1. The molecule has 0 aliphatic rings. The first-order valence-electron chi connectivity index (χ1n) is 6.25. The number of benzene rings is 1. The smallest absolute Gasteiger partial charge is 0.254 e. The van der Waals surface area contributed by atoms with E-state index in [9.17, 15) is 4.79 Å². The summed E-state index contributed by atoms with van der Waals surface area (Å²) in [6.45, 7) is 6.08. The lowest BCUT2D eigenvalue weighted by molar-refractivity contribution is 0.0723. The van der Waals surface area contributed by atoms with Gasteiger partial charge in [0.05, 0.1) is 0 Å². The molecule has 0 heterocycles. The van der Waals surface area contributed by atoms with Crippen LogP contribution >= 0.6 is 15.9 Å². The highest BCUT2D eigenvalue weighted by atomic mass is 79.9. The van der Waals surface area contributed by atoms with Gasteiger partial charge in [0.2, 0.25) is 0 Å². The molecule has 0 aromatic heterocycles. The van der Waals surface area contributed by atoms with E-state index in [2.05, 4.69) is 29.8 Å². The van der Waals surface area contributed by atoms with E-state index in [1.54, 1.807) is 0 Å². The molecule has 4 heteroatoms. The average molecular weight is 313 g/mol. The Morgan fingerprint density at radius 1 is 1.39 bits per heavy atom. The molecule has 2 N–H and O–H groups in total. The second kappa shape index (κ2) is 6.23. The van der Waals surface area contributed by atoms with Crippen molar-refractivity contribution < 1.29 is 4.79 Å². The topological polar surface area (TPSA) is 46.3 Å². The van der Waals surface area contributed by atoms with E-state index < -0.39 is 0 Å². The van der Waals surface area contributed by atoms with Crippen molar-refractivity contribution in [2.24, 2.45) is 0 Å². The number of halogens is 1. The van der Waals surface area contributed by atoms with E-state index in [-0.39, 0.29) is 11.9 Å². The van der Waals surface area contributed by atoms with Crippen LogP contribution in [-0.4, -0.2) is 23.9 Å². The summed E-state index contributed by atoms with van der Waals surface area (Å²) in [5, 5.41) is 0. The molecule has 0 radical (unpaired) electrons. The molecular weight excluding hydrogens is 292 g/mol. The number of hydrogen-bond donors (Lipinski definition) is 1. The molecule has 1 aromatic rings. The maximum atomic E-state index is 12.5. The van der Waals surface area contributed by atoms with Gasteiger partial charge in [0.15, 0.2) is 0 Å². The van der Waals surface area contributed by atoms with Crippen LogP contribution in [0.4, 0.5) is 5.69 Å². The predicted molar refractivity (Wildman–Crippen MR) is 79.8 cm³/mol. The Morgan fingerprint density at radius 2 is 1.94 bits per heavy atom. The largest absolute Gasteiger partial charge is 0.398 e. The third-order valence-corrected chi connectivity index (χ3v) is 3.91. The molecule has 0 fully saturated rings. The van der Waals surface area contributed by atoms with Gasteiger partial charge in [-0.25, -0.2) is 0 Å². The van der Waals surface area contributed by atoms with Crippen molar-refractivity contribution >= 4 is 27.5 Å². The van der Waals surface area contributed by atoms with Crippen molar-refractivity contribution in [2.75, 3.05) is 12.8 Å². The lowest BCUT2D eigenvalue weighted by Crippen LogP contribution is -2.36. The predicted octanol–water partition coefficient (Wildman–Crippen LogP) is 3.60. The zero-order valence-corrected chi connectivity index (χ0v) is 13.0. The van der Waals surface area contributed by atoms with Crippen LogP contribution in [0.5, 0.6) is 0 Å². The van der Waals surface area contributed by atoms with Crippen molar-refractivity contribution in [3.05, 3.63) is 27.7 Å². The van der Waals surface area contributed by atoms with E-state index in [0.29, 0.717) is 11.3 Å². The number of carbonyl (C=O) groups is 1. The molecule has 1 aromatic carbocycles. The van der Waals surface area contributed by atoms with Crippen LogP contribution in [-0.2, 0) is 0 Å². The first kappa shape index (κ1) is 15.0. The second-order valence-electron chi connectivity index (χ2n) is 4.55. The fourth-order valence-corrected chi connectivity index (χ4v) is 2.59. The highest BCUT2D eigenvalue weighted by molar-refractivity contribution is 9.10. The molecule has 0 aliphatic heterocycles. The maximum Gasteiger partial charge on any atom is 0.254 e. The van der Waals surface area contributed by atoms with E-state index in [1.807, 2.05) is 31.0 Å². The van der Waals surface area contributed by atoms with Crippen LogP contribution in [0.25, 0.3) is 0 Å². The zero-order chi connectivity index (χ0) is 13.9. The van der Waals surface area contributed by atoms with Crippen molar-refractivity contribution in [1.29, 1.82) is 0 Å². The Hall–Kier alpha value is -1.03. The van der Waals surface area contributed by atoms with Gasteiger partial charge in [0.25, 0.3) is 5.91 Å². The minimum Gasteiger partial charge on any atom is -0.398 e. The second-order valence-corrected chi connectivity index (χ2v) is 5.47. The molecule has 0 spiro atoms. The summed E-state index contributed by atoms with van der Waals surface area (Å²) in [6, 6.07) is 3.94. The first-order chi connectivity index (χ1) is 8.42. The molecule has 1 amide bonds. The Balaban J connectivity index is 3.11. The van der Waals surface area contributed by atoms with E-state index in [1.165, 1.54) is 0 Å². The number of rotatable bonds is 4. The standard InChI is InChI=1S/C14H21BrN2O/c1-5-11(6-2)17(4)14(18)12-7-10(15)8-13(16)9(12)3/h7-8,11H,5-6,16H2,1-4H3. The van der Waals surface area contributed by atoms with Gasteiger partial charge in [-0.15, -0.1) is 0 Å². The molecule has 0 saturated heterocycles. The van der Waals surface area contributed by atoms with Crippen molar-refractivity contribution in [3.63, 3.8) is 0 Å². The Morgan fingerprint density at radius 3 is 2.44 bits per heavy atom. The number of amides is 1. The number of nitrogen functional groups attached to an aromatic ring is 1. The van der Waals surface area contributed by atoms with Crippen LogP contribution in [0, 0.1) is 6.92 Å². The van der Waals surface area contributed by atoms with Gasteiger partial charge in [-0.2, -0.15) is 0 Å². The fourth-order valence-electron chi connectivity index (χ4n) is 2.11. The molecule has 0 bridgehead atoms. The van der Waals surface area contributed by atoms with Gasteiger partial charge in [0, 0.05) is 28.8 Å². The van der Waals surface area contributed by atoms with Crippen LogP contribution < -0.4 is 5.73 Å². The Bertz CT molecular complexity index is 442. The number of carbonyl (C=O) groups excluding carboxylic acids is 1. The summed E-state index contributed by atoms with van der Waals surface area (Å²) in [4.78, 5) is 14.3. The van der Waals surface area contributed by atoms with Crippen LogP contribution in [0.2, 0.25) is 0 Å². The van der Waals surface area contributed by atoms with Crippen LogP contribution in [0.15, 0.2) is 16.6 Å². The number of hydrogen-bond acceptors (Lipinski definition) is 2. The summed E-state index contributed by atoms with van der Waals surface area (Å²) in [5.74, 6) is 0.0363. The normalized spacial score (nSPS) is 10.8. The van der Waals surface area contributed by atoms with Gasteiger partial charge >= 0.3 is 0 Å². The van der Waals surface area contributed by atoms with E-state index in [4.69, 9.17) is 5.73 Å². The van der Waals surface area contributed by atoms with E-state index >= 15 is 0 Å². The van der Waals surface area contributed by atoms with Gasteiger partial charge in [0.1, 0.15) is 0 Å². The maximum absolute atomic E-state index is 12.5. The quantitative estimate of drug-likeness (QED) is 0.863. The minimum atomic E-state index is 0.0363. The molecule has 0 atom stereocenters. The highest BCUT2D eigenvalue weighted by Crippen LogP contribution is 2.24. The average Bonchev–Trinajstić information content (AvgIpc) is 2.34. The van der Waals surface area contributed by atoms with Crippen molar-refractivity contribution in [3.8, 4) is 0 Å². The molecule has 100 valence electrons. The highest BCUT2D eigenvalue weighted by Gasteiger charge is 2.20. The van der Waals surface area contributed by atoms with Crippen molar-refractivity contribution in [2.45, 2.75) is 39.7 Å². The molecule has 3 nitrogen and oxygen atoms in total. The summed E-state index contributed by atoms with van der Waals surface area (Å²) in [7, 11) is 1.86. The SMILES string of the molecule is CCC(CC)N(C)C(=O)c1cc(Br)cc(N)c1C. The van der Waals surface area contributed by atoms with Crippen LogP contribution in [0.1, 0.15) is 42.6 Å². The van der Waals surface area contributed by atoms with Gasteiger partial charge in [-0.3, -0.25) is 4.79 Å². The monoisotopic (exact) mass is 312 g/mol. The molecule has 0 aliphatic carbocycles. The molecule has 0 unspecified atom stereocenters. The summed E-state index contributed by atoms with van der Waals surface area (Å²) >= 11 is 3.38. The summed E-state index contributed by atoms with van der Waals surface area (Å²) in [6.07, 6.45) is 1.92. The Kier molecular flexibility index (Phi) is 5.20. The first-order valence-corrected chi connectivity index (χ1v) is 7.04. The fraction of sp³-hybridized carbons (Fsp3) is 0.500. The third kappa shape index (κ3) is 3.05. The lowest BCUT2D eigenvalue weighted by atomic mass is 10.0. The van der Waals surface area contributed by atoms with Gasteiger partial charge in [-0.05, 0) is 37.5 Å². The summed E-state index contributed by atoms with van der Waals surface area (Å²) in [5.41, 5.74) is 8.07. The van der Waals surface area contributed by atoms with Gasteiger partial charge < -0.3 is 10.6 Å². The molecular formula is C14H21BrN2O. The Labute approximate surface area is 117 Å².